The molecule has 0 aromatic carbocycles. The summed E-state index contributed by atoms with van der Waals surface area (Å²) >= 11 is 0. The average molecular weight is 175 g/mol. The van der Waals surface area contributed by atoms with Crippen molar-refractivity contribution in [1.29, 1.82) is 0 Å². The first-order valence-corrected chi connectivity index (χ1v) is 3.08. The van der Waals surface area contributed by atoms with E-state index >= 15 is 0 Å². The fourth-order valence-electron chi connectivity index (χ4n) is 0.506. The largest absolute Gasteiger partial charge is 0.356 e. The Morgan fingerprint density at radius 3 is 2.42 bits per heavy atom. The normalized spacial score (nSPS) is 8.42. The molecule has 0 atom stereocenters. The van der Waals surface area contributed by atoms with Gasteiger partial charge in [0.15, 0.2) is 12.4 Å². The molecule has 0 radical (unpaired) electrons. The summed E-state index contributed by atoms with van der Waals surface area (Å²) in [4.78, 5) is 9.53. The van der Waals surface area contributed by atoms with Gasteiger partial charge in [0.25, 0.3) is 0 Å². The Morgan fingerprint density at radius 2 is 2.25 bits per heavy atom. The van der Waals surface area contributed by atoms with Crippen molar-refractivity contribution in [3.05, 3.63) is 27.7 Å². The van der Waals surface area contributed by atoms with Gasteiger partial charge in [0, 0.05) is 0 Å². The van der Waals surface area contributed by atoms with Gasteiger partial charge in [-0.2, -0.15) is 0 Å². The number of hydrogen-bond acceptors (Lipinski definition) is 5. The smallest absolute Gasteiger partial charge is 0.184 e. The van der Waals surface area contributed by atoms with Crippen molar-refractivity contribution in [3.63, 3.8) is 0 Å². The quantitative estimate of drug-likeness (QED) is 0.245. The van der Waals surface area contributed by atoms with Gasteiger partial charge in [-0.15, -0.1) is 4.68 Å². The fourth-order valence-corrected chi connectivity index (χ4v) is 0.506. The van der Waals surface area contributed by atoms with Crippen LogP contribution in [0.5, 0.6) is 0 Å². The topological polar surface area (TPSA) is 114 Å². The van der Waals surface area contributed by atoms with E-state index in [2.05, 4.69) is 5.21 Å². The van der Waals surface area contributed by atoms with Crippen molar-refractivity contribution in [2.75, 3.05) is 5.84 Å². The van der Waals surface area contributed by atoms with Crippen LogP contribution in [-0.2, 0) is 6.54 Å². The molecule has 1 aromatic rings. The number of aryl methyl sites for hydroxylation is 1. The van der Waals surface area contributed by atoms with Crippen LogP contribution in [0.2, 0.25) is 0 Å². The number of aromatic nitrogens is 3. The van der Waals surface area contributed by atoms with Gasteiger partial charge in [-0.1, -0.05) is 0 Å². The molecule has 0 bridgehead atoms. The van der Waals surface area contributed by atoms with Crippen molar-refractivity contribution in [2.45, 2.75) is 13.5 Å². The maximum absolute atomic E-state index is 8.25. The molecule has 12 heavy (non-hydrogen) atoms. The van der Waals surface area contributed by atoms with E-state index in [-0.39, 0.29) is 0 Å². The minimum atomic E-state index is -1.75. The lowest BCUT2D eigenvalue weighted by Gasteiger charge is -1.77. The Balaban J connectivity index is 0.000000261. The van der Waals surface area contributed by atoms with E-state index in [1.807, 2.05) is 13.1 Å². The van der Waals surface area contributed by atoms with Gasteiger partial charge in [-0.05, 0) is 11.7 Å². The van der Waals surface area contributed by atoms with Gasteiger partial charge >= 0.3 is 0 Å². The highest BCUT2D eigenvalue weighted by atomic mass is 16.9. The molecule has 68 valence electrons. The van der Waals surface area contributed by atoms with Crippen LogP contribution in [0, 0.1) is 15.3 Å². The van der Waals surface area contributed by atoms with Crippen molar-refractivity contribution < 1.29 is 9.77 Å². The SMILES string of the molecule is CC[n+]1ccn(N)n1.O=[N+]([O-])[O-]. The first-order chi connectivity index (χ1) is 5.56. The molecule has 0 spiro atoms. The van der Waals surface area contributed by atoms with E-state index in [1.54, 1.807) is 10.9 Å². The molecule has 0 saturated carbocycles. The molecule has 0 aliphatic carbocycles. The maximum Gasteiger partial charge on any atom is 0.184 e. The van der Waals surface area contributed by atoms with E-state index in [4.69, 9.17) is 21.2 Å². The molecule has 8 heteroatoms. The van der Waals surface area contributed by atoms with Gasteiger partial charge in [0.2, 0.25) is 0 Å². The molecule has 1 heterocycles. The fraction of sp³-hybridized carbons (Fsp3) is 0.500. The van der Waals surface area contributed by atoms with Crippen LogP contribution in [0.25, 0.3) is 0 Å². The second kappa shape index (κ2) is 4.88. The zero-order valence-electron chi connectivity index (χ0n) is 6.45. The lowest BCUT2D eigenvalue weighted by atomic mass is 10.7. The first-order valence-electron chi connectivity index (χ1n) is 3.08. The van der Waals surface area contributed by atoms with Gasteiger partial charge in [-0.25, -0.2) is 5.84 Å². The van der Waals surface area contributed by atoms with E-state index < -0.39 is 5.09 Å². The highest BCUT2D eigenvalue weighted by molar-refractivity contribution is 4.54. The lowest BCUT2D eigenvalue weighted by molar-refractivity contribution is -0.752. The average Bonchev–Trinajstić information content (AvgIpc) is 2.34. The highest BCUT2D eigenvalue weighted by Crippen LogP contribution is 1.64. The monoisotopic (exact) mass is 175 g/mol. The van der Waals surface area contributed by atoms with Gasteiger partial charge in [-0.3, -0.25) is 0 Å². The first kappa shape index (κ1) is 10.1. The Morgan fingerprint density at radius 1 is 1.75 bits per heavy atom. The molecular formula is C4H9N5O3. The zero-order valence-corrected chi connectivity index (χ0v) is 6.45. The van der Waals surface area contributed by atoms with Crippen molar-refractivity contribution in [3.8, 4) is 0 Å². The molecule has 0 saturated heterocycles. The number of nitrogens with zero attached hydrogens (tertiary/aromatic N) is 4. The molecule has 2 N–H and O–H groups in total. The number of nitrogens with two attached hydrogens (primary N) is 1. The summed E-state index contributed by atoms with van der Waals surface area (Å²) in [6, 6.07) is 0. The summed E-state index contributed by atoms with van der Waals surface area (Å²) in [5.41, 5.74) is 0. The molecular weight excluding hydrogens is 166 g/mol. The third-order valence-electron chi connectivity index (χ3n) is 0.934. The van der Waals surface area contributed by atoms with Crippen LogP contribution in [0.4, 0.5) is 0 Å². The lowest BCUT2D eigenvalue weighted by Crippen LogP contribution is -2.35. The molecule has 1 aromatic heterocycles. The minimum Gasteiger partial charge on any atom is -0.356 e. The van der Waals surface area contributed by atoms with Crippen molar-refractivity contribution in [1.82, 2.24) is 10.0 Å². The molecule has 1 rings (SSSR count). The third-order valence-corrected chi connectivity index (χ3v) is 0.934. The van der Waals surface area contributed by atoms with Gasteiger partial charge < -0.3 is 15.3 Å². The third kappa shape index (κ3) is 4.97. The Labute approximate surface area is 67.9 Å². The molecule has 0 unspecified atom stereocenters. The summed E-state index contributed by atoms with van der Waals surface area (Å²) in [5.74, 6) is 5.24. The second-order valence-electron chi connectivity index (χ2n) is 1.75. The number of nitrogen functional groups attached to an aromatic ring is 1. The summed E-state index contributed by atoms with van der Waals surface area (Å²) < 4.78 is 1.75. The summed E-state index contributed by atoms with van der Waals surface area (Å²) in [6.45, 7) is 2.87. The molecule has 0 amide bonds. The molecule has 0 aliphatic rings. The van der Waals surface area contributed by atoms with E-state index in [9.17, 15) is 0 Å². The predicted molar refractivity (Wildman–Crippen MR) is 38.6 cm³/mol. The maximum atomic E-state index is 8.25. The van der Waals surface area contributed by atoms with Crippen LogP contribution in [0.3, 0.4) is 0 Å². The van der Waals surface area contributed by atoms with Crippen LogP contribution < -0.4 is 10.5 Å². The molecule has 8 nitrogen and oxygen atoms in total. The number of hydrogen-bond donors (Lipinski definition) is 1. The van der Waals surface area contributed by atoms with Crippen molar-refractivity contribution >= 4 is 0 Å². The zero-order chi connectivity index (χ0) is 9.56. The summed E-state index contributed by atoms with van der Waals surface area (Å²) in [5, 5.41) is 18.6. The second-order valence-corrected chi connectivity index (χ2v) is 1.75. The molecule has 0 aliphatic heterocycles. The van der Waals surface area contributed by atoms with Crippen LogP contribution >= 0.6 is 0 Å². The van der Waals surface area contributed by atoms with E-state index in [1.165, 1.54) is 4.79 Å². The highest BCUT2D eigenvalue weighted by Gasteiger charge is 1.95. The van der Waals surface area contributed by atoms with Gasteiger partial charge in [0.05, 0.1) is 5.09 Å². The van der Waals surface area contributed by atoms with Crippen LogP contribution in [-0.4, -0.2) is 15.1 Å². The Kier molecular flexibility index (Phi) is 4.12. The Bertz CT molecular complexity index is 243. The minimum absolute atomic E-state index is 0.865. The number of rotatable bonds is 1. The predicted octanol–water partition coefficient (Wildman–Crippen LogP) is -1.33. The summed E-state index contributed by atoms with van der Waals surface area (Å²) in [7, 11) is 0. The Hall–Kier alpha value is -1.86. The van der Waals surface area contributed by atoms with Crippen LogP contribution in [0.15, 0.2) is 12.4 Å². The van der Waals surface area contributed by atoms with E-state index in [0.717, 1.165) is 6.54 Å². The van der Waals surface area contributed by atoms with E-state index in [0.29, 0.717) is 0 Å². The summed E-state index contributed by atoms with van der Waals surface area (Å²) in [6.07, 6.45) is 3.52. The van der Waals surface area contributed by atoms with Crippen molar-refractivity contribution in [2.24, 2.45) is 0 Å². The molecule has 0 fully saturated rings. The van der Waals surface area contributed by atoms with Crippen LogP contribution in [0.1, 0.15) is 6.92 Å². The standard InChI is InChI=1S/C4H9N4.NO3/c1-2-7-3-4-8(5)6-7;2-1(3)4/h3-4H,2H2,1H3,(H2,5,6);/q+1;-1. The van der Waals surface area contributed by atoms with Gasteiger partial charge in [0.1, 0.15) is 11.8 Å².